The normalized spacial score (nSPS) is 21.1. The summed E-state index contributed by atoms with van der Waals surface area (Å²) in [5.74, 6) is 1.11. The van der Waals surface area contributed by atoms with Crippen LogP contribution in [0.4, 0.5) is 4.39 Å². The fourth-order valence-corrected chi connectivity index (χ4v) is 2.59. The van der Waals surface area contributed by atoms with E-state index in [1.54, 1.807) is 4.68 Å². The molecule has 1 aromatic heterocycles. The van der Waals surface area contributed by atoms with Crippen molar-refractivity contribution in [2.75, 3.05) is 13.2 Å². The molecule has 0 radical (unpaired) electrons. The second-order valence-electron chi connectivity index (χ2n) is 4.91. The van der Waals surface area contributed by atoms with E-state index in [9.17, 15) is 4.39 Å². The summed E-state index contributed by atoms with van der Waals surface area (Å²) in [6.07, 6.45) is 0.0150. The van der Waals surface area contributed by atoms with Crippen molar-refractivity contribution < 1.29 is 9.13 Å². The number of alkyl halides is 1. The van der Waals surface area contributed by atoms with E-state index in [2.05, 4.69) is 10.1 Å². The predicted molar refractivity (Wildman–Crippen MR) is 73.3 cm³/mol. The third kappa shape index (κ3) is 2.45. The lowest BCUT2D eigenvalue weighted by atomic mass is 10.0. The molecule has 0 saturated carbocycles. The number of ether oxygens (including phenoxy) is 1. The van der Waals surface area contributed by atoms with Gasteiger partial charge in [0.15, 0.2) is 17.8 Å². The summed E-state index contributed by atoms with van der Waals surface area (Å²) in [5.41, 5.74) is 1.08. The molecule has 3 rings (SSSR count). The van der Waals surface area contributed by atoms with Gasteiger partial charge in [-0.05, 0) is 12.5 Å². The smallest absolute Gasteiger partial charge is 0.162 e. The van der Waals surface area contributed by atoms with Gasteiger partial charge >= 0.3 is 0 Å². The highest BCUT2D eigenvalue weighted by molar-refractivity contribution is 5.23. The van der Waals surface area contributed by atoms with Crippen molar-refractivity contribution in [1.29, 1.82) is 0 Å². The summed E-state index contributed by atoms with van der Waals surface area (Å²) in [6, 6.07) is 9.86. The van der Waals surface area contributed by atoms with Crippen molar-refractivity contribution in [1.82, 2.24) is 14.8 Å². The van der Waals surface area contributed by atoms with E-state index >= 15 is 0 Å². The van der Waals surface area contributed by atoms with Crippen molar-refractivity contribution in [2.24, 2.45) is 0 Å². The minimum atomic E-state index is -1.03. The zero-order valence-electron chi connectivity index (χ0n) is 11.5. The van der Waals surface area contributed by atoms with Crippen LogP contribution in [-0.2, 0) is 11.2 Å². The fraction of sp³-hybridized carbons (Fsp3) is 0.467. The first kappa shape index (κ1) is 13.2. The molecular formula is C15H18FN3O. The maximum Gasteiger partial charge on any atom is 0.162 e. The topological polar surface area (TPSA) is 39.9 Å². The lowest BCUT2D eigenvalue weighted by Crippen LogP contribution is -2.08. The van der Waals surface area contributed by atoms with Gasteiger partial charge in [0.25, 0.3) is 0 Å². The summed E-state index contributed by atoms with van der Waals surface area (Å²) in [4.78, 5) is 4.32. The summed E-state index contributed by atoms with van der Waals surface area (Å²) in [6.45, 7) is 3.20. The monoisotopic (exact) mass is 275 g/mol. The first-order chi connectivity index (χ1) is 9.79. The van der Waals surface area contributed by atoms with Crippen molar-refractivity contribution >= 4 is 0 Å². The van der Waals surface area contributed by atoms with Crippen LogP contribution in [0.1, 0.15) is 42.8 Å². The van der Waals surface area contributed by atoms with Gasteiger partial charge in [0.1, 0.15) is 0 Å². The largest absolute Gasteiger partial charge is 0.381 e. The van der Waals surface area contributed by atoms with Gasteiger partial charge in [-0.25, -0.2) is 14.1 Å². The minimum absolute atomic E-state index is 0.0467. The van der Waals surface area contributed by atoms with Crippen LogP contribution in [0.15, 0.2) is 30.3 Å². The molecule has 4 nitrogen and oxygen atoms in total. The second-order valence-corrected chi connectivity index (χ2v) is 4.91. The van der Waals surface area contributed by atoms with Crippen molar-refractivity contribution in [2.45, 2.75) is 32.0 Å². The lowest BCUT2D eigenvalue weighted by molar-refractivity contribution is 0.149. The summed E-state index contributed by atoms with van der Waals surface area (Å²) < 4.78 is 21.1. The van der Waals surface area contributed by atoms with E-state index in [0.29, 0.717) is 37.7 Å². The Morgan fingerprint density at radius 3 is 2.90 bits per heavy atom. The molecule has 0 amide bonds. The second kappa shape index (κ2) is 5.71. The van der Waals surface area contributed by atoms with Gasteiger partial charge in [0, 0.05) is 19.4 Å². The summed E-state index contributed by atoms with van der Waals surface area (Å²) in [7, 11) is 0. The number of nitrogens with zero attached hydrogens (tertiary/aromatic N) is 3. The van der Waals surface area contributed by atoms with E-state index in [-0.39, 0.29) is 6.04 Å². The van der Waals surface area contributed by atoms with E-state index < -0.39 is 6.17 Å². The Hall–Kier alpha value is -1.75. The van der Waals surface area contributed by atoms with Gasteiger partial charge < -0.3 is 4.74 Å². The maximum atomic E-state index is 14.1. The Morgan fingerprint density at radius 2 is 2.15 bits per heavy atom. The maximum absolute atomic E-state index is 14.1. The number of fused-ring (bicyclic) bond motifs is 1. The van der Waals surface area contributed by atoms with Crippen molar-refractivity contribution in [3.63, 3.8) is 0 Å². The molecule has 5 heteroatoms. The van der Waals surface area contributed by atoms with Crippen LogP contribution in [-0.4, -0.2) is 28.0 Å². The fourth-order valence-electron chi connectivity index (χ4n) is 2.59. The van der Waals surface area contributed by atoms with Crippen LogP contribution >= 0.6 is 0 Å². The molecule has 1 aliphatic rings. The molecule has 0 spiro atoms. The quantitative estimate of drug-likeness (QED) is 0.788. The van der Waals surface area contributed by atoms with Crippen LogP contribution in [0.2, 0.25) is 0 Å². The molecule has 20 heavy (non-hydrogen) atoms. The number of benzene rings is 1. The van der Waals surface area contributed by atoms with Gasteiger partial charge in [-0.1, -0.05) is 30.3 Å². The Balaban J connectivity index is 1.82. The molecular weight excluding hydrogens is 257 g/mol. The Labute approximate surface area is 117 Å². The summed E-state index contributed by atoms with van der Waals surface area (Å²) in [5, 5.41) is 4.46. The Bertz CT molecular complexity index is 570. The van der Waals surface area contributed by atoms with Crippen LogP contribution < -0.4 is 0 Å². The molecule has 2 aromatic rings. The highest BCUT2D eigenvalue weighted by Crippen LogP contribution is 2.39. The van der Waals surface area contributed by atoms with Crippen LogP contribution in [0.5, 0.6) is 0 Å². The minimum Gasteiger partial charge on any atom is -0.381 e. The van der Waals surface area contributed by atoms with Gasteiger partial charge in [-0.3, -0.25) is 0 Å². The Morgan fingerprint density at radius 1 is 1.35 bits per heavy atom. The predicted octanol–water partition coefficient (Wildman–Crippen LogP) is 2.86. The molecule has 2 atom stereocenters. The highest BCUT2D eigenvalue weighted by Gasteiger charge is 2.35. The Kier molecular flexibility index (Phi) is 3.78. The number of rotatable bonds is 5. The number of aromatic nitrogens is 3. The third-order valence-corrected chi connectivity index (χ3v) is 3.57. The van der Waals surface area contributed by atoms with Crippen LogP contribution in [0, 0.1) is 0 Å². The van der Waals surface area contributed by atoms with E-state index in [4.69, 9.17) is 4.74 Å². The molecule has 106 valence electrons. The standard InChI is InChI=1S/C15H18FN3O/c1-2-20-9-8-14-17-15-12(16)10-13(19(15)18-14)11-6-4-3-5-7-11/h3-7,12-13H,2,8-10H2,1H3/t12-,13-/m0/s1. The van der Waals surface area contributed by atoms with Crippen LogP contribution in [0.25, 0.3) is 0 Å². The molecule has 1 aromatic carbocycles. The van der Waals surface area contributed by atoms with Crippen LogP contribution in [0.3, 0.4) is 0 Å². The SMILES string of the molecule is CCOCCc1nc2n(n1)[C@H](c1ccccc1)C[C@@H]2F. The molecule has 0 saturated heterocycles. The van der Waals surface area contributed by atoms with Gasteiger partial charge in [-0.2, -0.15) is 5.10 Å². The third-order valence-electron chi connectivity index (χ3n) is 3.57. The molecule has 2 heterocycles. The van der Waals surface area contributed by atoms with Gasteiger partial charge in [0.2, 0.25) is 0 Å². The van der Waals surface area contributed by atoms with Gasteiger partial charge in [-0.15, -0.1) is 0 Å². The van der Waals surface area contributed by atoms with Crippen molar-refractivity contribution in [3.05, 3.63) is 47.5 Å². The first-order valence-corrected chi connectivity index (χ1v) is 7.01. The average Bonchev–Trinajstić information content (AvgIpc) is 3.01. The zero-order chi connectivity index (χ0) is 13.9. The number of hydrogen-bond acceptors (Lipinski definition) is 3. The van der Waals surface area contributed by atoms with Crippen molar-refractivity contribution in [3.8, 4) is 0 Å². The number of halogens is 1. The van der Waals surface area contributed by atoms with E-state index in [0.717, 1.165) is 5.56 Å². The average molecular weight is 275 g/mol. The van der Waals surface area contributed by atoms with E-state index in [1.165, 1.54) is 0 Å². The molecule has 0 fully saturated rings. The molecule has 0 bridgehead atoms. The highest BCUT2D eigenvalue weighted by atomic mass is 19.1. The zero-order valence-corrected chi connectivity index (χ0v) is 11.5. The molecule has 0 aliphatic carbocycles. The molecule has 0 N–H and O–H groups in total. The molecule has 0 unspecified atom stereocenters. The first-order valence-electron chi connectivity index (χ1n) is 7.01. The molecule has 1 aliphatic heterocycles. The van der Waals surface area contributed by atoms with Gasteiger partial charge in [0.05, 0.1) is 12.6 Å². The lowest BCUT2D eigenvalue weighted by Gasteiger charge is -2.11. The van der Waals surface area contributed by atoms with E-state index in [1.807, 2.05) is 37.3 Å². The number of hydrogen-bond donors (Lipinski definition) is 0. The summed E-state index contributed by atoms with van der Waals surface area (Å²) >= 11 is 0.